The Balaban J connectivity index is 0.000000571. The minimum atomic E-state index is -0.819. The third kappa shape index (κ3) is 13.5. The molecule has 0 heterocycles. The van der Waals surface area contributed by atoms with Crippen LogP contribution in [-0.4, -0.2) is 92.3 Å². The number of aldehydes is 4. The molecule has 2 aromatic carbocycles. The number of amidine groups is 1. The van der Waals surface area contributed by atoms with Crippen LogP contribution in [0.15, 0.2) is 47.6 Å². The summed E-state index contributed by atoms with van der Waals surface area (Å²) in [5.74, 6) is 11.9. The van der Waals surface area contributed by atoms with Crippen LogP contribution in [-0.2, 0) is 11.4 Å². The molecule has 2 rings (SSSR count). The molecule has 0 bridgehead atoms. The van der Waals surface area contributed by atoms with Crippen molar-refractivity contribution in [3.8, 4) is 0 Å². The number of carbonyl (C=O) groups excluding carboxylic acids is 4. The number of rotatable bonds is 11. The van der Waals surface area contributed by atoms with Crippen LogP contribution in [0.4, 0.5) is 0 Å². The van der Waals surface area contributed by atoms with Crippen molar-refractivity contribution < 1.29 is 29.1 Å². The van der Waals surface area contributed by atoms with Crippen LogP contribution in [0.2, 0.25) is 0 Å². The average molecular weight is 532 g/mol. The number of carbonyl (C=O) groups is 4. The number of hydrogen-bond acceptors (Lipinski definition) is 12. The zero-order valence-electron chi connectivity index (χ0n) is 21.7. The lowest BCUT2D eigenvalue weighted by Gasteiger charge is -2.22. The minimum Gasteiger partial charge on any atom is -0.321 e. The molecule has 0 radical (unpaired) electrons. The molecule has 0 atom stereocenters. The summed E-state index contributed by atoms with van der Waals surface area (Å²) >= 11 is 0. The van der Waals surface area contributed by atoms with Crippen LogP contribution in [0.3, 0.4) is 0 Å². The number of hydrazine groups is 1. The van der Waals surface area contributed by atoms with Crippen molar-refractivity contribution in [3.63, 3.8) is 0 Å². The number of nitrogens with zero attached hydrogens (tertiary/aromatic N) is 5. The van der Waals surface area contributed by atoms with Crippen LogP contribution < -0.4 is 11.7 Å². The molecule has 0 amide bonds. The van der Waals surface area contributed by atoms with Gasteiger partial charge in [-0.1, -0.05) is 30.3 Å². The standard InChI is InChI=1S/C11H19N5.C10H6O4.C3H8N2O3/c1-15(2)9-11(14-12)16(13)8-10-6-4-3-5-7-10;11-3-7-1-8(4-12)10(6-14)2-9(7)5-13;1-4(2)3-8-5(6)7/h3-7H,8-9,12-13H2,1-2H3;1-6H;3H2,1-2H3/b14-11-;;. The topological polar surface area (TPSA) is 195 Å². The molecule has 0 spiro atoms. The van der Waals surface area contributed by atoms with Gasteiger partial charge in [0, 0.05) is 22.3 Å². The molecule has 0 aliphatic heterocycles. The van der Waals surface area contributed by atoms with E-state index < -0.39 is 5.09 Å². The van der Waals surface area contributed by atoms with E-state index >= 15 is 0 Å². The van der Waals surface area contributed by atoms with Crippen LogP contribution in [0.1, 0.15) is 47.0 Å². The summed E-state index contributed by atoms with van der Waals surface area (Å²) in [7, 11) is 7.26. The molecular weight excluding hydrogens is 498 g/mol. The first-order valence-corrected chi connectivity index (χ1v) is 10.9. The van der Waals surface area contributed by atoms with Gasteiger partial charge in [0.1, 0.15) is 6.73 Å². The lowest BCUT2D eigenvalue weighted by molar-refractivity contribution is -0.762. The number of nitrogens with two attached hydrogens (primary N) is 2. The quantitative estimate of drug-likeness (QED) is 0.0790. The van der Waals surface area contributed by atoms with E-state index in [0.29, 0.717) is 44.1 Å². The molecular formula is C24H33N7O7. The molecule has 14 heteroatoms. The Morgan fingerprint density at radius 2 is 1.34 bits per heavy atom. The Hall–Kier alpha value is -4.53. The zero-order valence-corrected chi connectivity index (χ0v) is 21.7. The maximum Gasteiger partial charge on any atom is 0.295 e. The fourth-order valence-corrected chi connectivity index (χ4v) is 2.60. The van der Waals surface area contributed by atoms with Gasteiger partial charge in [-0.2, -0.15) is 5.10 Å². The van der Waals surface area contributed by atoms with Gasteiger partial charge in [0.25, 0.3) is 5.09 Å². The fourth-order valence-electron chi connectivity index (χ4n) is 2.60. The van der Waals surface area contributed by atoms with E-state index in [4.69, 9.17) is 11.7 Å². The molecule has 0 aromatic heterocycles. The molecule has 38 heavy (non-hydrogen) atoms. The monoisotopic (exact) mass is 531 g/mol. The smallest absolute Gasteiger partial charge is 0.295 e. The van der Waals surface area contributed by atoms with Gasteiger partial charge in [0.2, 0.25) is 0 Å². The maximum atomic E-state index is 10.5. The number of likely N-dealkylation sites (N-methyl/N-ethyl adjacent to an activating group) is 1. The predicted molar refractivity (Wildman–Crippen MR) is 141 cm³/mol. The van der Waals surface area contributed by atoms with Crippen molar-refractivity contribution >= 4 is 31.0 Å². The van der Waals surface area contributed by atoms with Crippen LogP contribution >= 0.6 is 0 Å². The maximum absolute atomic E-state index is 10.5. The molecule has 14 nitrogen and oxygen atoms in total. The summed E-state index contributed by atoms with van der Waals surface area (Å²) in [6.07, 6.45) is 1.85. The third-order valence-corrected chi connectivity index (χ3v) is 4.35. The van der Waals surface area contributed by atoms with E-state index in [1.165, 1.54) is 12.1 Å². The van der Waals surface area contributed by atoms with Gasteiger partial charge in [0.15, 0.2) is 31.0 Å². The first kappa shape index (κ1) is 33.5. The first-order valence-electron chi connectivity index (χ1n) is 10.9. The van der Waals surface area contributed by atoms with Crippen molar-refractivity contribution in [3.05, 3.63) is 80.4 Å². The van der Waals surface area contributed by atoms with E-state index in [1.54, 1.807) is 24.0 Å². The van der Waals surface area contributed by atoms with E-state index in [-0.39, 0.29) is 29.0 Å². The second-order valence-electron chi connectivity index (χ2n) is 8.04. The van der Waals surface area contributed by atoms with Gasteiger partial charge >= 0.3 is 0 Å². The van der Waals surface area contributed by atoms with Gasteiger partial charge < -0.3 is 10.7 Å². The molecule has 206 valence electrons. The van der Waals surface area contributed by atoms with Gasteiger partial charge in [0.05, 0.1) is 13.1 Å². The Labute approximate surface area is 220 Å². The number of hydrogen-bond donors (Lipinski definition) is 2. The SMILES string of the molecule is CN(C)C/C(=N/N)N(N)Cc1ccccc1.CN(C)CO[N+](=O)[O-].O=Cc1cc(C=O)c(C=O)cc1C=O. The lowest BCUT2D eigenvalue weighted by Crippen LogP contribution is -2.42. The molecule has 0 aliphatic carbocycles. The second kappa shape index (κ2) is 18.7. The highest BCUT2D eigenvalue weighted by atomic mass is 17.0. The highest BCUT2D eigenvalue weighted by Gasteiger charge is 2.09. The third-order valence-electron chi connectivity index (χ3n) is 4.35. The molecule has 0 unspecified atom stereocenters. The average Bonchev–Trinajstić information content (AvgIpc) is 2.90. The molecule has 0 aliphatic rings. The summed E-state index contributed by atoms with van der Waals surface area (Å²) < 4.78 is 0. The highest BCUT2D eigenvalue weighted by molar-refractivity contribution is 5.98. The van der Waals surface area contributed by atoms with Gasteiger partial charge in [-0.05, 0) is 45.9 Å². The summed E-state index contributed by atoms with van der Waals surface area (Å²) in [6, 6.07) is 12.4. The van der Waals surface area contributed by atoms with Crippen LogP contribution in [0.25, 0.3) is 0 Å². The summed E-state index contributed by atoms with van der Waals surface area (Å²) in [5.41, 5.74) is 1.55. The number of hydrazone groups is 1. The number of benzene rings is 2. The van der Waals surface area contributed by atoms with Crippen molar-refractivity contribution in [2.45, 2.75) is 6.54 Å². The Morgan fingerprint density at radius 1 is 0.895 bits per heavy atom. The lowest BCUT2D eigenvalue weighted by atomic mass is 10.0. The van der Waals surface area contributed by atoms with E-state index in [0.717, 1.165) is 5.56 Å². The molecule has 0 saturated carbocycles. The van der Waals surface area contributed by atoms with Crippen molar-refractivity contribution in [2.75, 3.05) is 41.5 Å². The predicted octanol–water partition coefficient (Wildman–Crippen LogP) is 0.847. The fraction of sp³-hybridized carbons (Fsp3) is 0.292. The van der Waals surface area contributed by atoms with Crippen molar-refractivity contribution in [2.24, 2.45) is 16.8 Å². The summed E-state index contributed by atoms with van der Waals surface area (Å²) in [4.78, 5) is 58.9. The molecule has 4 N–H and O–H groups in total. The van der Waals surface area contributed by atoms with Crippen LogP contribution in [0.5, 0.6) is 0 Å². The summed E-state index contributed by atoms with van der Waals surface area (Å²) in [6.45, 7) is 1.25. The van der Waals surface area contributed by atoms with Gasteiger partial charge in [-0.25, -0.2) is 5.84 Å². The molecule has 0 saturated heterocycles. The van der Waals surface area contributed by atoms with E-state index in [1.807, 2.05) is 49.3 Å². The van der Waals surface area contributed by atoms with Gasteiger partial charge in [-0.15, -0.1) is 10.1 Å². The minimum absolute atomic E-state index is 0.0208. The Bertz CT molecular complexity index is 1000. The van der Waals surface area contributed by atoms with E-state index in [9.17, 15) is 29.3 Å². The van der Waals surface area contributed by atoms with Crippen LogP contribution in [0, 0.1) is 10.1 Å². The second-order valence-corrected chi connectivity index (χ2v) is 8.04. The van der Waals surface area contributed by atoms with E-state index in [2.05, 4.69) is 9.94 Å². The first-order chi connectivity index (χ1) is 18.0. The zero-order chi connectivity index (χ0) is 29.1. The normalized spacial score (nSPS) is 10.3. The molecule has 0 fully saturated rings. The Morgan fingerprint density at radius 3 is 1.63 bits per heavy atom. The van der Waals surface area contributed by atoms with Gasteiger partial charge in [-0.3, -0.25) is 33.9 Å². The van der Waals surface area contributed by atoms with Crippen molar-refractivity contribution in [1.29, 1.82) is 0 Å². The summed E-state index contributed by atoms with van der Waals surface area (Å²) in [5, 5.41) is 13.9. The Kier molecular flexibility index (Phi) is 16.5. The van der Waals surface area contributed by atoms with Crippen molar-refractivity contribution in [1.82, 2.24) is 14.8 Å². The molecule has 2 aromatic rings. The highest BCUT2D eigenvalue weighted by Crippen LogP contribution is 2.11. The largest absolute Gasteiger partial charge is 0.321 e.